The molecule has 0 atom stereocenters. The van der Waals surface area contributed by atoms with Crippen LogP contribution in [0.25, 0.3) is 0 Å². The van der Waals surface area contributed by atoms with E-state index >= 15 is 0 Å². The third-order valence-corrected chi connectivity index (χ3v) is 2.34. The molecule has 2 N–H and O–H groups in total. The molecule has 16 heavy (non-hydrogen) atoms. The second-order valence-electron chi connectivity index (χ2n) is 3.17. The standard InChI is InChI=1S/C10H10ClNO4/c1-12(8(9(13)14)10(15)16)7-4-2-6(11)3-5-7/h2-5,8H,1H3,(H,13,14)(H,15,16). The summed E-state index contributed by atoms with van der Waals surface area (Å²) in [5, 5.41) is 18.1. The SMILES string of the molecule is CN(c1ccc(Cl)cc1)C(C(=O)O)C(=O)O. The fourth-order valence-electron chi connectivity index (χ4n) is 1.26. The number of hydrogen-bond donors (Lipinski definition) is 2. The van der Waals surface area contributed by atoms with Crippen LogP contribution in [0.4, 0.5) is 5.69 Å². The number of carboxylic acid groups (broad SMARTS) is 2. The van der Waals surface area contributed by atoms with E-state index in [0.29, 0.717) is 10.7 Å². The molecule has 1 rings (SSSR count). The van der Waals surface area contributed by atoms with Crippen LogP contribution >= 0.6 is 11.6 Å². The van der Waals surface area contributed by atoms with Crippen molar-refractivity contribution in [1.29, 1.82) is 0 Å². The van der Waals surface area contributed by atoms with Crippen LogP contribution in [-0.2, 0) is 9.59 Å². The molecule has 0 unspecified atom stereocenters. The Hall–Kier alpha value is -1.75. The van der Waals surface area contributed by atoms with E-state index in [1.54, 1.807) is 24.3 Å². The molecular weight excluding hydrogens is 234 g/mol. The van der Waals surface area contributed by atoms with E-state index in [1.807, 2.05) is 0 Å². The lowest BCUT2D eigenvalue weighted by molar-refractivity contribution is -0.149. The fraction of sp³-hybridized carbons (Fsp3) is 0.200. The number of aliphatic carboxylic acids is 2. The summed E-state index contributed by atoms with van der Waals surface area (Å²) < 4.78 is 0. The molecule has 0 aliphatic heterocycles. The number of hydrogen-bond acceptors (Lipinski definition) is 3. The molecule has 0 fully saturated rings. The quantitative estimate of drug-likeness (QED) is 0.780. The highest BCUT2D eigenvalue weighted by Gasteiger charge is 2.30. The van der Waals surface area contributed by atoms with Gasteiger partial charge in [-0.25, -0.2) is 9.59 Å². The van der Waals surface area contributed by atoms with Gasteiger partial charge in [0.05, 0.1) is 0 Å². The summed E-state index contributed by atoms with van der Waals surface area (Å²) in [4.78, 5) is 22.7. The Bertz CT molecular complexity index is 390. The van der Waals surface area contributed by atoms with E-state index in [-0.39, 0.29) is 0 Å². The summed E-state index contributed by atoms with van der Waals surface area (Å²) >= 11 is 5.67. The van der Waals surface area contributed by atoms with Gasteiger partial charge < -0.3 is 15.1 Å². The predicted octanol–water partition coefficient (Wildman–Crippen LogP) is 1.31. The molecule has 0 aromatic heterocycles. The maximum atomic E-state index is 10.8. The first-order valence-electron chi connectivity index (χ1n) is 4.37. The van der Waals surface area contributed by atoms with E-state index in [9.17, 15) is 9.59 Å². The predicted molar refractivity (Wildman–Crippen MR) is 58.9 cm³/mol. The third-order valence-electron chi connectivity index (χ3n) is 2.09. The van der Waals surface area contributed by atoms with Gasteiger partial charge in [-0.1, -0.05) is 11.6 Å². The maximum absolute atomic E-state index is 10.8. The van der Waals surface area contributed by atoms with Crippen LogP contribution in [0.2, 0.25) is 5.02 Å². The van der Waals surface area contributed by atoms with E-state index in [2.05, 4.69) is 0 Å². The number of likely N-dealkylation sites (N-methyl/N-ethyl adjacent to an activating group) is 1. The molecular formula is C10H10ClNO4. The number of carboxylic acids is 2. The summed E-state index contributed by atoms with van der Waals surface area (Å²) in [7, 11) is 1.40. The second kappa shape index (κ2) is 4.85. The Kier molecular flexibility index (Phi) is 3.73. The molecule has 0 aliphatic carbocycles. The zero-order valence-electron chi connectivity index (χ0n) is 8.42. The Balaban J connectivity index is 2.99. The Morgan fingerprint density at radius 3 is 2.00 bits per heavy atom. The minimum absolute atomic E-state index is 0.471. The van der Waals surface area contributed by atoms with Crippen LogP contribution in [0.3, 0.4) is 0 Å². The van der Waals surface area contributed by atoms with Gasteiger partial charge in [0.25, 0.3) is 0 Å². The van der Waals surface area contributed by atoms with Crippen molar-refractivity contribution in [3.63, 3.8) is 0 Å². The number of carbonyl (C=O) groups is 2. The van der Waals surface area contributed by atoms with Crippen LogP contribution < -0.4 is 4.90 Å². The first kappa shape index (κ1) is 12.3. The summed E-state index contributed by atoms with van der Waals surface area (Å²) in [6.07, 6.45) is 0. The molecule has 1 aromatic rings. The van der Waals surface area contributed by atoms with Crippen molar-refractivity contribution < 1.29 is 19.8 Å². The summed E-state index contributed by atoms with van der Waals surface area (Å²) in [5.41, 5.74) is 0.471. The molecule has 5 nitrogen and oxygen atoms in total. The highest BCUT2D eigenvalue weighted by molar-refractivity contribution is 6.30. The van der Waals surface area contributed by atoms with Gasteiger partial charge in [0.15, 0.2) is 0 Å². The molecule has 0 saturated carbocycles. The van der Waals surface area contributed by atoms with Crippen molar-refractivity contribution in [3.8, 4) is 0 Å². The van der Waals surface area contributed by atoms with E-state index in [1.165, 1.54) is 7.05 Å². The van der Waals surface area contributed by atoms with Crippen LogP contribution in [-0.4, -0.2) is 35.2 Å². The zero-order valence-corrected chi connectivity index (χ0v) is 9.18. The monoisotopic (exact) mass is 243 g/mol. The number of rotatable bonds is 4. The summed E-state index contributed by atoms with van der Waals surface area (Å²) in [5.74, 6) is -2.82. The third kappa shape index (κ3) is 2.64. The molecule has 0 radical (unpaired) electrons. The van der Waals surface area contributed by atoms with Gasteiger partial charge in [-0.05, 0) is 24.3 Å². The van der Waals surface area contributed by atoms with Gasteiger partial charge in [-0.15, -0.1) is 0 Å². The fourth-order valence-corrected chi connectivity index (χ4v) is 1.39. The second-order valence-corrected chi connectivity index (χ2v) is 3.60. The molecule has 0 saturated heterocycles. The van der Waals surface area contributed by atoms with Crippen LogP contribution in [0.15, 0.2) is 24.3 Å². The Labute approximate surface area is 96.9 Å². The minimum Gasteiger partial charge on any atom is -0.479 e. The van der Waals surface area contributed by atoms with Crippen molar-refractivity contribution in [2.45, 2.75) is 6.04 Å². The molecule has 6 heteroatoms. The molecule has 0 bridgehead atoms. The highest BCUT2D eigenvalue weighted by atomic mass is 35.5. The smallest absolute Gasteiger partial charge is 0.338 e. The number of benzene rings is 1. The molecule has 0 spiro atoms. The van der Waals surface area contributed by atoms with E-state index in [4.69, 9.17) is 21.8 Å². The minimum atomic E-state index is -1.61. The lowest BCUT2D eigenvalue weighted by Crippen LogP contribution is -2.44. The number of nitrogens with zero attached hydrogens (tertiary/aromatic N) is 1. The molecule has 86 valence electrons. The van der Waals surface area contributed by atoms with Crippen molar-refractivity contribution >= 4 is 29.2 Å². The lowest BCUT2D eigenvalue weighted by Gasteiger charge is -2.23. The van der Waals surface area contributed by atoms with Crippen LogP contribution in [0.1, 0.15) is 0 Å². The Morgan fingerprint density at radius 1 is 1.19 bits per heavy atom. The Morgan fingerprint density at radius 2 is 1.62 bits per heavy atom. The van der Waals surface area contributed by atoms with Gasteiger partial charge in [0, 0.05) is 17.8 Å². The first-order valence-corrected chi connectivity index (χ1v) is 4.75. The molecule has 1 aromatic carbocycles. The summed E-state index contributed by atoms with van der Waals surface area (Å²) in [6, 6.07) is 4.63. The van der Waals surface area contributed by atoms with Gasteiger partial charge in [-0.3, -0.25) is 0 Å². The van der Waals surface area contributed by atoms with Crippen molar-refractivity contribution in [2.24, 2.45) is 0 Å². The van der Waals surface area contributed by atoms with Crippen molar-refractivity contribution in [2.75, 3.05) is 11.9 Å². The van der Waals surface area contributed by atoms with Crippen molar-refractivity contribution in [1.82, 2.24) is 0 Å². The van der Waals surface area contributed by atoms with Crippen LogP contribution in [0, 0.1) is 0 Å². The topological polar surface area (TPSA) is 77.8 Å². The largest absolute Gasteiger partial charge is 0.479 e. The lowest BCUT2D eigenvalue weighted by atomic mass is 10.2. The van der Waals surface area contributed by atoms with Gasteiger partial charge >= 0.3 is 11.9 Å². The number of halogens is 1. The van der Waals surface area contributed by atoms with Crippen molar-refractivity contribution in [3.05, 3.63) is 29.3 Å². The van der Waals surface area contributed by atoms with E-state index in [0.717, 1.165) is 4.90 Å². The van der Waals surface area contributed by atoms with Gasteiger partial charge in [-0.2, -0.15) is 0 Å². The van der Waals surface area contributed by atoms with Gasteiger partial charge in [0.1, 0.15) is 0 Å². The van der Waals surface area contributed by atoms with Crippen LogP contribution in [0.5, 0.6) is 0 Å². The number of anilines is 1. The average molecular weight is 244 g/mol. The summed E-state index contributed by atoms with van der Waals surface area (Å²) in [6.45, 7) is 0. The average Bonchev–Trinajstić information content (AvgIpc) is 2.17. The highest BCUT2D eigenvalue weighted by Crippen LogP contribution is 2.18. The molecule has 0 amide bonds. The molecule has 0 aliphatic rings. The zero-order chi connectivity index (χ0) is 12.3. The van der Waals surface area contributed by atoms with E-state index < -0.39 is 18.0 Å². The first-order chi connectivity index (χ1) is 7.43. The van der Waals surface area contributed by atoms with Gasteiger partial charge in [0.2, 0.25) is 6.04 Å². The normalized spacial score (nSPS) is 10.2. The maximum Gasteiger partial charge on any atom is 0.338 e. The molecule has 0 heterocycles.